The van der Waals surface area contributed by atoms with Gasteiger partial charge in [-0.1, -0.05) is 65.0 Å². The third-order valence-electron chi connectivity index (χ3n) is 9.35. The number of carbonyl (C=O) groups is 2. The molecule has 3 aliphatic rings. The Bertz CT molecular complexity index is 1850. The topological polar surface area (TPSA) is 152 Å². The molecule has 0 radical (unpaired) electrons. The summed E-state index contributed by atoms with van der Waals surface area (Å²) in [4.78, 5) is 37.0. The second-order valence-electron chi connectivity index (χ2n) is 14.0. The van der Waals surface area contributed by atoms with E-state index in [2.05, 4.69) is 22.0 Å². The van der Waals surface area contributed by atoms with Gasteiger partial charge in [0.1, 0.15) is 35.1 Å². The van der Waals surface area contributed by atoms with Crippen molar-refractivity contribution in [3.8, 4) is 17.3 Å². The predicted molar refractivity (Wildman–Crippen MR) is 169 cm³/mol. The summed E-state index contributed by atoms with van der Waals surface area (Å²) in [6.45, 7) is 13.0. The molecular formula is C35H39N5O6. The zero-order valence-electron chi connectivity index (χ0n) is 27.0. The number of fused-ring (bicyclic) bond motifs is 4. The van der Waals surface area contributed by atoms with E-state index in [0.717, 1.165) is 28.1 Å². The Labute approximate surface area is 267 Å². The van der Waals surface area contributed by atoms with E-state index in [1.54, 1.807) is 20.8 Å². The molecule has 0 saturated heterocycles. The van der Waals surface area contributed by atoms with Gasteiger partial charge in [0.2, 0.25) is 23.6 Å². The lowest BCUT2D eigenvalue weighted by Gasteiger charge is -2.30. The van der Waals surface area contributed by atoms with Gasteiger partial charge in [0.05, 0.1) is 5.69 Å². The molecule has 0 fully saturated rings. The van der Waals surface area contributed by atoms with Crippen LogP contribution in [0.5, 0.6) is 5.75 Å². The fraction of sp³-hybridized carbons (Fsp3) is 0.429. The molecule has 5 atom stereocenters. The van der Waals surface area contributed by atoms with Crippen molar-refractivity contribution in [3.63, 3.8) is 0 Å². The van der Waals surface area contributed by atoms with E-state index in [-0.39, 0.29) is 18.2 Å². The van der Waals surface area contributed by atoms with Crippen LogP contribution in [0, 0.1) is 25.2 Å². The van der Waals surface area contributed by atoms with Crippen LogP contribution >= 0.6 is 0 Å². The van der Waals surface area contributed by atoms with Gasteiger partial charge in [-0.05, 0) is 48.4 Å². The van der Waals surface area contributed by atoms with Gasteiger partial charge in [0.25, 0.3) is 0 Å². The minimum atomic E-state index is -1.31. The fourth-order valence-corrected chi connectivity index (χ4v) is 6.67. The highest BCUT2D eigenvalue weighted by Gasteiger charge is 2.61. The van der Waals surface area contributed by atoms with Crippen molar-refractivity contribution in [2.24, 2.45) is 11.3 Å². The number of rotatable bonds is 4. The molecule has 2 aromatic carbocycles. The van der Waals surface area contributed by atoms with Gasteiger partial charge in [0, 0.05) is 17.7 Å². The lowest BCUT2D eigenvalue weighted by molar-refractivity contribution is -0.138. The second kappa shape index (κ2) is 10.4. The van der Waals surface area contributed by atoms with Crippen LogP contribution in [0.15, 0.2) is 51.3 Å². The fourth-order valence-electron chi connectivity index (χ4n) is 6.67. The monoisotopic (exact) mass is 625 g/mol. The maximum absolute atomic E-state index is 14.0. The first-order chi connectivity index (χ1) is 21.8. The summed E-state index contributed by atoms with van der Waals surface area (Å²) in [5.74, 6) is 1.23. The lowest BCUT2D eigenvalue weighted by Crippen LogP contribution is -2.53. The third-order valence-corrected chi connectivity index (χ3v) is 9.35. The summed E-state index contributed by atoms with van der Waals surface area (Å²) in [5, 5.41) is 20.2. The number of anilines is 1. The number of ether oxygens (including phenoxy) is 1. The van der Waals surface area contributed by atoms with E-state index >= 15 is 0 Å². The van der Waals surface area contributed by atoms with Crippen LogP contribution in [0.3, 0.4) is 0 Å². The van der Waals surface area contributed by atoms with E-state index in [9.17, 15) is 14.7 Å². The highest BCUT2D eigenvalue weighted by Crippen LogP contribution is 2.59. The van der Waals surface area contributed by atoms with Gasteiger partial charge in [-0.3, -0.25) is 9.59 Å². The summed E-state index contributed by atoms with van der Waals surface area (Å²) >= 11 is 0. The third kappa shape index (κ3) is 4.51. The zero-order valence-corrected chi connectivity index (χ0v) is 27.0. The van der Waals surface area contributed by atoms with Crippen molar-refractivity contribution in [2.75, 3.05) is 5.32 Å². The minimum absolute atomic E-state index is 0.147. The summed E-state index contributed by atoms with van der Waals surface area (Å²) < 4.78 is 19.6. The first-order valence-electron chi connectivity index (χ1n) is 15.7. The van der Waals surface area contributed by atoms with Gasteiger partial charge in [-0.15, -0.1) is 0 Å². The van der Waals surface area contributed by atoms with Gasteiger partial charge in [-0.2, -0.15) is 0 Å². The molecular weight excluding hydrogens is 586 g/mol. The standard InChI is InChI=1S/C35H39N5O6/c1-16(2)25-31-40-26(32-36-17(3)18(4)44-32)28(46-31)35-20-10-8-9-11-22(20)38-33(35)45-24-13-12-19(14-21(24)35)15-23(29(42)39-25)37-30(43)27(41)34(5,6)7/h8-14,16,23,25,27,33,38,41H,15H2,1-7H3,(H,37,43)(H,39,42)/t23-,25-,27+,33-,35?/m0/s1. The van der Waals surface area contributed by atoms with Gasteiger partial charge in [0.15, 0.2) is 17.7 Å². The number of para-hydroxylation sites is 1. The number of carbonyl (C=O) groups excluding carboxylic acids is 2. The summed E-state index contributed by atoms with van der Waals surface area (Å²) in [6, 6.07) is 12.1. The SMILES string of the molecule is Cc1nc(-c2nc3oc2C24c5ccccc5N[C@H]2Oc2ccc(cc24)C[C@H](NC(=O)[C@@H](O)C(C)(C)C)C(=O)N[C@H]3C(C)C)oc1C. The number of hydrogen-bond acceptors (Lipinski definition) is 9. The molecule has 1 spiro atoms. The molecule has 240 valence electrons. The number of hydrogen-bond donors (Lipinski definition) is 4. The Morgan fingerprint density at radius 1 is 1.07 bits per heavy atom. The first kappa shape index (κ1) is 30.0. The number of amides is 2. The number of benzene rings is 2. The van der Waals surface area contributed by atoms with Crippen molar-refractivity contribution in [2.45, 2.75) is 84.7 Å². The molecule has 7 rings (SSSR count). The molecule has 4 aromatic rings. The van der Waals surface area contributed by atoms with Gasteiger partial charge in [-0.25, -0.2) is 9.97 Å². The molecule has 4 N–H and O–H groups in total. The summed E-state index contributed by atoms with van der Waals surface area (Å²) in [5.41, 5.74) is 2.93. The number of nitrogens with zero attached hydrogens (tertiary/aromatic N) is 2. The molecule has 11 nitrogen and oxygen atoms in total. The maximum atomic E-state index is 14.0. The highest BCUT2D eigenvalue weighted by atomic mass is 16.5. The quantitative estimate of drug-likeness (QED) is 0.253. The number of aromatic nitrogens is 2. The average molecular weight is 626 g/mol. The number of nitrogens with one attached hydrogen (secondary N) is 3. The molecule has 4 bridgehead atoms. The average Bonchev–Trinajstić information content (AvgIpc) is 3.73. The van der Waals surface area contributed by atoms with Gasteiger partial charge >= 0.3 is 0 Å². The van der Waals surface area contributed by atoms with E-state index in [1.165, 1.54) is 0 Å². The van der Waals surface area contributed by atoms with Crippen LogP contribution in [-0.4, -0.2) is 45.3 Å². The Kier molecular flexibility index (Phi) is 6.82. The van der Waals surface area contributed by atoms with E-state index in [1.807, 2.05) is 64.1 Å². The molecule has 3 aliphatic heterocycles. The van der Waals surface area contributed by atoms with Crippen LogP contribution in [0.1, 0.15) is 80.5 Å². The number of aliphatic hydroxyl groups is 1. The summed E-state index contributed by atoms with van der Waals surface area (Å²) in [6.07, 6.45) is -1.70. The van der Waals surface area contributed by atoms with E-state index in [0.29, 0.717) is 28.9 Å². The largest absolute Gasteiger partial charge is 0.469 e. The van der Waals surface area contributed by atoms with Crippen LogP contribution in [-0.2, 0) is 21.4 Å². The van der Waals surface area contributed by atoms with Crippen LogP contribution < -0.4 is 20.7 Å². The Morgan fingerprint density at radius 3 is 2.52 bits per heavy atom. The molecule has 5 heterocycles. The molecule has 2 amide bonds. The van der Waals surface area contributed by atoms with Crippen molar-refractivity contribution in [3.05, 3.63) is 82.3 Å². The van der Waals surface area contributed by atoms with Crippen molar-refractivity contribution in [1.82, 2.24) is 20.6 Å². The van der Waals surface area contributed by atoms with Crippen LogP contribution in [0.25, 0.3) is 11.6 Å². The summed E-state index contributed by atoms with van der Waals surface area (Å²) in [7, 11) is 0. The van der Waals surface area contributed by atoms with Crippen molar-refractivity contribution >= 4 is 17.5 Å². The maximum Gasteiger partial charge on any atom is 0.250 e. The van der Waals surface area contributed by atoms with Crippen LogP contribution in [0.4, 0.5) is 5.69 Å². The predicted octanol–water partition coefficient (Wildman–Crippen LogP) is 4.69. The van der Waals surface area contributed by atoms with Crippen molar-refractivity contribution < 1.29 is 28.3 Å². The number of aliphatic hydroxyl groups excluding tert-OH is 1. The highest BCUT2D eigenvalue weighted by molar-refractivity contribution is 5.90. The first-order valence-corrected chi connectivity index (χ1v) is 15.7. The smallest absolute Gasteiger partial charge is 0.250 e. The normalized spacial score (nSPS) is 23.8. The second-order valence-corrected chi connectivity index (χ2v) is 14.0. The van der Waals surface area contributed by atoms with Gasteiger partial charge < -0.3 is 34.6 Å². The lowest BCUT2D eigenvalue weighted by atomic mass is 9.72. The molecule has 0 saturated carbocycles. The molecule has 11 heteroatoms. The molecule has 2 aromatic heterocycles. The Hall–Kier alpha value is -4.64. The Morgan fingerprint density at radius 2 is 1.83 bits per heavy atom. The molecule has 46 heavy (non-hydrogen) atoms. The van der Waals surface area contributed by atoms with Crippen LogP contribution in [0.2, 0.25) is 0 Å². The number of aryl methyl sites for hydroxylation is 2. The number of oxazole rings is 2. The molecule has 0 aliphatic carbocycles. The van der Waals surface area contributed by atoms with E-state index < -0.39 is 47.1 Å². The molecule has 1 unspecified atom stereocenters. The zero-order chi connectivity index (χ0) is 32.7. The van der Waals surface area contributed by atoms with Crippen molar-refractivity contribution in [1.29, 1.82) is 0 Å². The Balaban J connectivity index is 1.47. The minimum Gasteiger partial charge on any atom is -0.469 e. The van der Waals surface area contributed by atoms with E-state index in [4.69, 9.17) is 23.5 Å².